The van der Waals surface area contributed by atoms with Crippen molar-refractivity contribution in [2.75, 3.05) is 13.1 Å². The molecule has 1 aromatic carbocycles. The van der Waals surface area contributed by atoms with Crippen LogP contribution >= 0.6 is 11.3 Å². The third kappa shape index (κ3) is 5.07. The summed E-state index contributed by atoms with van der Waals surface area (Å²) in [6.45, 7) is 6.34. The number of benzene rings is 1. The van der Waals surface area contributed by atoms with Crippen LogP contribution in [0.1, 0.15) is 72.2 Å². The molecule has 1 aliphatic heterocycles. The number of fused-ring (bicyclic) bond motifs is 1. The zero-order valence-electron chi connectivity index (χ0n) is 22.2. The number of aryl methyl sites for hydroxylation is 1. The first-order chi connectivity index (χ1) is 18.7. The number of pyridine rings is 1. The molecule has 9 heteroatoms. The van der Waals surface area contributed by atoms with E-state index in [1.807, 2.05) is 23.7 Å². The first-order valence-corrected chi connectivity index (χ1v) is 14.6. The number of piperidine rings is 1. The number of rotatable bonds is 6. The van der Waals surface area contributed by atoms with Crippen LogP contribution in [-0.2, 0) is 12.7 Å². The van der Waals surface area contributed by atoms with Crippen LogP contribution in [0.5, 0.6) is 0 Å². The summed E-state index contributed by atoms with van der Waals surface area (Å²) in [7, 11) is 0. The van der Waals surface area contributed by atoms with Gasteiger partial charge in [0.1, 0.15) is 0 Å². The zero-order chi connectivity index (χ0) is 27.3. The van der Waals surface area contributed by atoms with E-state index < -0.39 is 17.4 Å². The molecular weight excluding hydrogens is 521 g/mol. The molecule has 0 N–H and O–H groups in total. The lowest BCUT2D eigenvalue weighted by molar-refractivity contribution is -0.136. The Morgan fingerprint density at radius 1 is 1.13 bits per heavy atom. The number of imidazole rings is 1. The number of thiazole rings is 1. The third-order valence-corrected chi connectivity index (χ3v) is 9.26. The highest BCUT2D eigenvalue weighted by atomic mass is 32.1. The molecule has 2 fully saturated rings. The Morgan fingerprint density at radius 3 is 2.62 bits per heavy atom. The van der Waals surface area contributed by atoms with Crippen LogP contribution in [0.4, 0.5) is 13.2 Å². The molecule has 1 aliphatic carbocycles. The Balaban J connectivity index is 1.42. The van der Waals surface area contributed by atoms with E-state index in [9.17, 15) is 18.0 Å². The van der Waals surface area contributed by atoms with E-state index in [1.54, 1.807) is 23.6 Å². The number of likely N-dealkylation sites (tertiary alicyclic amines) is 1. The fraction of sp³-hybridized carbons (Fsp3) is 0.467. The van der Waals surface area contributed by atoms with E-state index in [4.69, 9.17) is 0 Å². The van der Waals surface area contributed by atoms with Crippen LogP contribution in [0, 0.1) is 18.8 Å². The molecule has 0 bridgehead atoms. The highest BCUT2D eigenvalue weighted by Crippen LogP contribution is 2.44. The van der Waals surface area contributed by atoms with Crippen molar-refractivity contribution >= 4 is 16.9 Å². The van der Waals surface area contributed by atoms with Crippen molar-refractivity contribution in [2.24, 2.45) is 11.8 Å². The number of nitrogens with zero attached hydrogens (tertiary/aromatic N) is 4. The molecule has 39 heavy (non-hydrogen) atoms. The average molecular weight is 555 g/mol. The van der Waals surface area contributed by atoms with Gasteiger partial charge in [0.25, 0.3) is 0 Å². The molecule has 3 aromatic heterocycles. The maximum atomic E-state index is 14.2. The van der Waals surface area contributed by atoms with Crippen LogP contribution in [-0.4, -0.2) is 31.9 Å². The highest BCUT2D eigenvalue weighted by Gasteiger charge is 2.35. The van der Waals surface area contributed by atoms with Gasteiger partial charge in [-0.05, 0) is 80.3 Å². The highest BCUT2D eigenvalue weighted by molar-refractivity contribution is 7.09. The van der Waals surface area contributed by atoms with Gasteiger partial charge in [-0.25, -0.2) is 9.78 Å². The summed E-state index contributed by atoms with van der Waals surface area (Å²) in [5.74, 6) is 1.10. The molecule has 6 rings (SSSR count). The van der Waals surface area contributed by atoms with Gasteiger partial charge in [0.2, 0.25) is 0 Å². The van der Waals surface area contributed by atoms with Gasteiger partial charge in [0.05, 0.1) is 28.0 Å². The molecule has 4 heterocycles. The molecule has 0 amide bonds. The standard InChI is InChI=1S/C30H33F3N4OS/c1-19-6-5-11-35(14-19)15-21-12-25(30(31,32)33)26-17-36(29(38)37(26)16-21)24-10-4-9-23(13-24)27(22-7-3-8-22)28-20(2)39-18-34-28/h4,9-10,12-13,16-19,22,27H,3,5-8,11,14-15H2,1-2H3/t19-,27-/m0/s1. The summed E-state index contributed by atoms with van der Waals surface area (Å²) in [4.78, 5) is 21.6. The SMILES string of the molecule is Cc1scnc1[C@H](c1cccc(-n2cc3c(C(F)(F)F)cc(CN4CCC[C@H](C)C4)cn3c2=O)c1)C1CCC1. The molecule has 206 valence electrons. The Bertz CT molecular complexity index is 1550. The van der Waals surface area contributed by atoms with E-state index in [-0.39, 0.29) is 11.4 Å². The first kappa shape index (κ1) is 26.3. The van der Waals surface area contributed by atoms with Crippen LogP contribution < -0.4 is 5.69 Å². The normalized spacial score (nSPS) is 19.9. The Morgan fingerprint density at radius 2 is 1.95 bits per heavy atom. The van der Waals surface area contributed by atoms with E-state index in [0.29, 0.717) is 29.6 Å². The first-order valence-electron chi connectivity index (χ1n) is 13.8. The van der Waals surface area contributed by atoms with Gasteiger partial charge in [-0.15, -0.1) is 11.3 Å². The van der Waals surface area contributed by atoms with Crippen molar-refractivity contribution in [3.63, 3.8) is 0 Å². The molecule has 5 nitrogen and oxygen atoms in total. The zero-order valence-corrected chi connectivity index (χ0v) is 23.1. The third-order valence-electron chi connectivity index (χ3n) is 8.48. The Hall–Kier alpha value is -2.91. The minimum absolute atomic E-state index is 0.113. The number of alkyl halides is 3. The van der Waals surface area contributed by atoms with Crippen LogP contribution in [0.25, 0.3) is 11.2 Å². The molecule has 0 radical (unpaired) electrons. The fourth-order valence-electron chi connectivity index (χ4n) is 6.34. The van der Waals surface area contributed by atoms with Gasteiger partial charge in [-0.1, -0.05) is 25.5 Å². The summed E-state index contributed by atoms with van der Waals surface area (Å²) in [5, 5.41) is 0. The van der Waals surface area contributed by atoms with Crippen LogP contribution in [0.2, 0.25) is 0 Å². The number of hydrogen-bond acceptors (Lipinski definition) is 4. The van der Waals surface area contributed by atoms with Gasteiger partial charge in [0, 0.05) is 36.3 Å². The van der Waals surface area contributed by atoms with E-state index >= 15 is 0 Å². The summed E-state index contributed by atoms with van der Waals surface area (Å²) >= 11 is 1.62. The summed E-state index contributed by atoms with van der Waals surface area (Å²) in [5.41, 5.74) is 3.65. The average Bonchev–Trinajstić information content (AvgIpc) is 3.43. The van der Waals surface area contributed by atoms with E-state index in [1.165, 1.54) is 32.5 Å². The topological polar surface area (TPSA) is 42.5 Å². The maximum Gasteiger partial charge on any atom is 0.418 e. The van der Waals surface area contributed by atoms with Gasteiger partial charge in [-0.2, -0.15) is 13.2 Å². The van der Waals surface area contributed by atoms with Gasteiger partial charge in [0.15, 0.2) is 0 Å². The predicted molar refractivity (Wildman–Crippen MR) is 148 cm³/mol. The maximum absolute atomic E-state index is 14.2. The molecule has 2 atom stereocenters. The molecular formula is C30H33F3N4OS. The smallest absolute Gasteiger partial charge is 0.299 e. The number of halogens is 3. The van der Waals surface area contributed by atoms with Crippen molar-refractivity contribution in [3.05, 3.63) is 86.0 Å². The number of aromatic nitrogens is 3. The molecule has 1 saturated carbocycles. The Kier molecular flexibility index (Phi) is 6.91. The fourth-order valence-corrected chi connectivity index (χ4v) is 6.96. The number of hydrogen-bond donors (Lipinski definition) is 0. The quantitative estimate of drug-likeness (QED) is 0.257. The lowest BCUT2D eigenvalue weighted by Crippen LogP contribution is -2.34. The van der Waals surface area contributed by atoms with Crippen molar-refractivity contribution in [1.82, 2.24) is 18.9 Å². The van der Waals surface area contributed by atoms with Gasteiger partial charge >= 0.3 is 11.9 Å². The predicted octanol–water partition coefficient (Wildman–Crippen LogP) is 7.04. The largest absolute Gasteiger partial charge is 0.418 e. The monoisotopic (exact) mass is 554 g/mol. The van der Waals surface area contributed by atoms with Crippen molar-refractivity contribution in [3.8, 4) is 5.69 Å². The molecule has 4 aromatic rings. The molecule has 1 saturated heterocycles. The van der Waals surface area contributed by atoms with Crippen molar-refractivity contribution < 1.29 is 13.2 Å². The van der Waals surface area contributed by atoms with Crippen LogP contribution in [0.3, 0.4) is 0 Å². The lowest BCUT2D eigenvalue weighted by Gasteiger charge is -2.34. The Labute approximate surface area is 229 Å². The second kappa shape index (κ2) is 10.2. The second-order valence-electron chi connectivity index (χ2n) is 11.3. The second-order valence-corrected chi connectivity index (χ2v) is 12.4. The lowest BCUT2D eigenvalue weighted by atomic mass is 9.71. The molecule has 0 unspecified atom stereocenters. The van der Waals surface area contributed by atoms with Gasteiger partial charge < -0.3 is 0 Å². The van der Waals surface area contributed by atoms with Crippen molar-refractivity contribution in [1.29, 1.82) is 0 Å². The summed E-state index contributed by atoms with van der Waals surface area (Å²) < 4.78 is 45.2. The summed E-state index contributed by atoms with van der Waals surface area (Å²) in [6, 6.07) is 8.89. The van der Waals surface area contributed by atoms with Crippen molar-refractivity contribution in [2.45, 2.75) is 64.6 Å². The minimum Gasteiger partial charge on any atom is -0.299 e. The summed E-state index contributed by atoms with van der Waals surface area (Å²) in [6.07, 6.45) is 3.94. The molecule has 0 spiro atoms. The van der Waals surface area contributed by atoms with Gasteiger partial charge in [-0.3, -0.25) is 13.9 Å². The van der Waals surface area contributed by atoms with E-state index in [2.05, 4.69) is 23.7 Å². The van der Waals surface area contributed by atoms with E-state index in [0.717, 1.165) is 50.0 Å². The minimum atomic E-state index is -4.58. The molecule has 2 aliphatic rings. The van der Waals surface area contributed by atoms with Crippen LogP contribution in [0.15, 0.2) is 53.0 Å².